The monoisotopic (exact) mass is 233 g/mol. The molecule has 1 heterocycles. The Morgan fingerprint density at radius 3 is 2.29 bits per heavy atom. The molecule has 4 N–H and O–H groups in total. The first-order valence-electron chi connectivity index (χ1n) is 5.83. The van der Waals surface area contributed by atoms with Crippen LogP contribution in [0.1, 0.15) is 30.6 Å². The Bertz CT molecular complexity index is 434. The van der Waals surface area contributed by atoms with E-state index in [2.05, 4.69) is 13.8 Å². The van der Waals surface area contributed by atoms with Gasteiger partial charge < -0.3 is 16.4 Å². The Kier molecular flexibility index (Phi) is 2.73. The molecule has 0 atom stereocenters. The van der Waals surface area contributed by atoms with Crippen molar-refractivity contribution in [3.05, 3.63) is 23.8 Å². The summed E-state index contributed by atoms with van der Waals surface area (Å²) in [4.78, 5) is 14.1. The van der Waals surface area contributed by atoms with Crippen LogP contribution in [0.25, 0.3) is 0 Å². The molecule has 4 heteroatoms. The van der Waals surface area contributed by atoms with E-state index in [4.69, 9.17) is 11.5 Å². The summed E-state index contributed by atoms with van der Waals surface area (Å²) in [5, 5.41) is 0. The summed E-state index contributed by atoms with van der Waals surface area (Å²) in [6, 6.07) is 5.03. The zero-order valence-corrected chi connectivity index (χ0v) is 10.4. The molecule has 92 valence electrons. The molecule has 0 spiro atoms. The Hall–Kier alpha value is -1.71. The fourth-order valence-corrected chi connectivity index (χ4v) is 2.27. The number of rotatable bonds is 1. The van der Waals surface area contributed by atoms with E-state index in [9.17, 15) is 4.79 Å². The van der Waals surface area contributed by atoms with Gasteiger partial charge in [0, 0.05) is 30.0 Å². The van der Waals surface area contributed by atoms with Crippen molar-refractivity contribution in [2.24, 2.45) is 5.41 Å². The van der Waals surface area contributed by atoms with Gasteiger partial charge in [-0.3, -0.25) is 4.79 Å². The van der Waals surface area contributed by atoms with Crippen molar-refractivity contribution in [3.63, 3.8) is 0 Å². The van der Waals surface area contributed by atoms with Crippen LogP contribution in [0.3, 0.4) is 0 Å². The topological polar surface area (TPSA) is 72.3 Å². The van der Waals surface area contributed by atoms with E-state index in [0.29, 0.717) is 16.9 Å². The van der Waals surface area contributed by atoms with E-state index in [1.807, 2.05) is 4.90 Å². The summed E-state index contributed by atoms with van der Waals surface area (Å²) in [7, 11) is 0. The number of carbonyl (C=O) groups is 1. The fraction of sp³-hybridized carbons (Fsp3) is 0.462. The highest BCUT2D eigenvalue weighted by molar-refractivity contribution is 5.96. The zero-order valence-electron chi connectivity index (χ0n) is 10.4. The average molecular weight is 233 g/mol. The minimum atomic E-state index is 0.0228. The highest BCUT2D eigenvalue weighted by Gasteiger charge is 2.32. The second-order valence-corrected chi connectivity index (χ2v) is 5.53. The van der Waals surface area contributed by atoms with Gasteiger partial charge in [0.15, 0.2) is 0 Å². The molecule has 0 radical (unpaired) electrons. The Labute approximate surface area is 102 Å². The maximum Gasteiger partial charge on any atom is 0.254 e. The fourth-order valence-electron chi connectivity index (χ4n) is 2.27. The first-order valence-corrected chi connectivity index (χ1v) is 5.83. The number of nitrogen functional groups attached to an aromatic ring is 2. The number of nitrogens with zero attached hydrogens (tertiary/aromatic N) is 1. The van der Waals surface area contributed by atoms with Crippen molar-refractivity contribution in [1.82, 2.24) is 4.90 Å². The van der Waals surface area contributed by atoms with Crippen LogP contribution in [-0.2, 0) is 0 Å². The lowest BCUT2D eigenvalue weighted by atomic mass is 9.93. The summed E-state index contributed by atoms with van der Waals surface area (Å²) in [6.45, 7) is 5.95. The van der Waals surface area contributed by atoms with Crippen molar-refractivity contribution in [3.8, 4) is 0 Å². The summed E-state index contributed by atoms with van der Waals surface area (Å²) in [5.74, 6) is 0.0228. The largest absolute Gasteiger partial charge is 0.399 e. The number of likely N-dealkylation sites (tertiary alicyclic amines) is 1. The molecular formula is C13H19N3O. The highest BCUT2D eigenvalue weighted by Crippen LogP contribution is 2.30. The van der Waals surface area contributed by atoms with Crippen molar-refractivity contribution in [2.45, 2.75) is 20.3 Å². The lowest BCUT2D eigenvalue weighted by Gasteiger charge is -2.20. The molecule has 1 aliphatic rings. The highest BCUT2D eigenvalue weighted by atomic mass is 16.2. The van der Waals surface area contributed by atoms with Crippen molar-refractivity contribution in [2.75, 3.05) is 24.6 Å². The molecular weight excluding hydrogens is 214 g/mol. The smallest absolute Gasteiger partial charge is 0.254 e. The number of carbonyl (C=O) groups excluding carboxylic acids is 1. The van der Waals surface area contributed by atoms with Gasteiger partial charge in [-0.05, 0) is 30.0 Å². The predicted molar refractivity (Wildman–Crippen MR) is 69.6 cm³/mol. The molecule has 2 rings (SSSR count). The van der Waals surface area contributed by atoms with E-state index >= 15 is 0 Å². The third-order valence-electron chi connectivity index (χ3n) is 3.19. The van der Waals surface area contributed by atoms with E-state index in [1.165, 1.54) is 0 Å². The van der Waals surface area contributed by atoms with Gasteiger partial charge in [-0.2, -0.15) is 0 Å². The van der Waals surface area contributed by atoms with Gasteiger partial charge in [0.2, 0.25) is 0 Å². The van der Waals surface area contributed by atoms with Gasteiger partial charge >= 0.3 is 0 Å². The second kappa shape index (κ2) is 3.95. The minimum Gasteiger partial charge on any atom is -0.399 e. The van der Waals surface area contributed by atoms with Gasteiger partial charge in [0.05, 0.1) is 0 Å². The number of benzene rings is 1. The van der Waals surface area contributed by atoms with E-state index in [0.717, 1.165) is 19.5 Å². The number of hydrogen-bond donors (Lipinski definition) is 2. The first kappa shape index (κ1) is 11.8. The van der Waals surface area contributed by atoms with Crippen LogP contribution in [0.2, 0.25) is 0 Å². The van der Waals surface area contributed by atoms with Gasteiger partial charge in [0.25, 0.3) is 5.91 Å². The third-order valence-corrected chi connectivity index (χ3v) is 3.19. The molecule has 1 saturated heterocycles. The molecule has 1 amide bonds. The summed E-state index contributed by atoms with van der Waals surface area (Å²) in [6.07, 6.45) is 1.04. The van der Waals surface area contributed by atoms with Crippen LogP contribution < -0.4 is 11.5 Å². The summed E-state index contributed by atoms with van der Waals surface area (Å²) >= 11 is 0. The van der Waals surface area contributed by atoms with Gasteiger partial charge in [-0.15, -0.1) is 0 Å². The summed E-state index contributed by atoms with van der Waals surface area (Å²) in [5.41, 5.74) is 13.3. The molecule has 1 aliphatic heterocycles. The molecule has 17 heavy (non-hydrogen) atoms. The third kappa shape index (κ3) is 2.52. The standard InChI is InChI=1S/C13H19N3O/c1-13(2)3-4-16(8-13)12(17)9-5-10(14)7-11(15)6-9/h5-7H,3-4,8,14-15H2,1-2H3. The van der Waals surface area contributed by atoms with Crippen LogP contribution in [0.4, 0.5) is 11.4 Å². The normalized spacial score (nSPS) is 18.4. The van der Waals surface area contributed by atoms with Gasteiger partial charge in [-0.25, -0.2) is 0 Å². The number of nitrogens with two attached hydrogens (primary N) is 2. The molecule has 0 aliphatic carbocycles. The molecule has 1 fully saturated rings. The SMILES string of the molecule is CC1(C)CCN(C(=O)c2cc(N)cc(N)c2)C1. The van der Waals surface area contributed by atoms with E-state index in [-0.39, 0.29) is 11.3 Å². The Morgan fingerprint density at radius 1 is 1.24 bits per heavy atom. The maximum absolute atomic E-state index is 12.3. The molecule has 0 aromatic heterocycles. The molecule has 1 aromatic rings. The quantitative estimate of drug-likeness (QED) is 0.725. The van der Waals surface area contributed by atoms with Crippen molar-refractivity contribution in [1.29, 1.82) is 0 Å². The number of amides is 1. The van der Waals surface area contributed by atoms with Crippen LogP contribution in [0.15, 0.2) is 18.2 Å². The molecule has 0 saturated carbocycles. The zero-order chi connectivity index (χ0) is 12.6. The van der Waals surface area contributed by atoms with Crippen LogP contribution >= 0.6 is 0 Å². The molecule has 1 aromatic carbocycles. The average Bonchev–Trinajstić information content (AvgIpc) is 2.56. The Balaban J connectivity index is 2.20. The predicted octanol–water partition coefficient (Wildman–Crippen LogP) is 1.72. The van der Waals surface area contributed by atoms with E-state index < -0.39 is 0 Å². The van der Waals surface area contributed by atoms with Crippen molar-refractivity contribution >= 4 is 17.3 Å². The van der Waals surface area contributed by atoms with Crippen LogP contribution in [0.5, 0.6) is 0 Å². The Morgan fingerprint density at radius 2 is 1.82 bits per heavy atom. The molecule has 0 unspecified atom stereocenters. The van der Waals surface area contributed by atoms with Crippen LogP contribution in [-0.4, -0.2) is 23.9 Å². The first-order chi connectivity index (χ1) is 7.87. The minimum absolute atomic E-state index is 0.0228. The lowest BCUT2D eigenvalue weighted by Crippen LogP contribution is -2.30. The van der Waals surface area contributed by atoms with Gasteiger partial charge in [-0.1, -0.05) is 13.8 Å². The number of hydrogen-bond acceptors (Lipinski definition) is 3. The second-order valence-electron chi connectivity index (χ2n) is 5.53. The summed E-state index contributed by atoms with van der Waals surface area (Å²) < 4.78 is 0. The van der Waals surface area contributed by atoms with E-state index in [1.54, 1.807) is 18.2 Å². The maximum atomic E-state index is 12.3. The van der Waals surface area contributed by atoms with Crippen LogP contribution in [0, 0.1) is 5.41 Å². The molecule has 4 nitrogen and oxygen atoms in total. The van der Waals surface area contributed by atoms with Crippen molar-refractivity contribution < 1.29 is 4.79 Å². The molecule has 0 bridgehead atoms. The number of anilines is 2. The van der Waals surface area contributed by atoms with Gasteiger partial charge in [0.1, 0.15) is 0 Å². The lowest BCUT2D eigenvalue weighted by molar-refractivity contribution is 0.0778.